The zero-order valence-corrected chi connectivity index (χ0v) is 22.8. The molecule has 2 heterocycles. The van der Waals surface area contributed by atoms with Gasteiger partial charge in [0.1, 0.15) is 0 Å². The van der Waals surface area contributed by atoms with Crippen LogP contribution in [0.15, 0.2) is 158 Å². The summed E-state index contributed by atoms with van der Waals surface area (Å²) in [6.07, 6.45) is 3.63. The normalized spacial score (nSPS) is 10.9. The molecule has 0 aliphatic rings. The Morgan fingerprint density at radius 3 is 1.14 bits per heavy atom. The van der Waals surface area contributed by atoms with E-state index in [2.05, 4.69) is 102 Å². The van der Waals surface area contributed by atoms with Crippen LogP contribution in [-0.2, 0) is 0 Å². The molecule has 7 rings (SSSR count). The Hall–Kier alpha value is -5.74. The van der Waals surface area contributed by atoms with Gasteiger partial charge in [-0.1, -0.05) is 121 Å². The average molecular weight is 539 g/mol. The highest BCUT2D eigenvalue weighted by Crippen LogP contribution is 2.30. The second kappa shape index (κ2) is 11.4. The summed E-state index contributed by atoms with van der Waals surface area (Å²) >= 11 is 0. The fourth-order valence-corrected chi connectivity index (χ4v) is 5.06. The first-order chi connectivity index (χ1) is 20.8. The second-order valence-electron chi connectivity index (χ2n) is 10.0. The minimum absolute atomic E-state index is 0.638. The number of benzene rings is 5. The molecule has 5 aromatic carbocycles. The van der Waals surface area contributed by atoms with Gasteiger partial charge in [-0.05, 0) is 57.6 Å². The number of hydrogen-bond donors (Lipinski definition) is 0. The molecule has 0 fully saturated rings. The highest BCUT2D eigenvalue weighted by molar-refractivity contribution is 5.76. The molecule has 0 atom stereocenters. The summed E-state index contributed by atoms with van der Waals surface area (Å²) in [5.41, 5.74) is 9.63. The van der Waals surface area contributed by atoms with E-state index in [1.807, 2.05) is 60.9 Å². The summed E-state index contributed by atoms with van der Waals surface area (Å²) in [5.74, 6) is 1.93. The van der Waals surface area contributed by atoms with Crippen molar-refractivity contribution in [1.29, 1.82) is 0 Å². The molecule has 42 heavy (non-hydrogen) atoms. The van der Waals surface area contributed by atoms with E-state index < -0.39 is 0 Å². The van der Waals surface area contributed by atoms with E-state index in [0.29, 0.717) is 17.5 Å². The predicted molar refractivity (Wildman–Crippen MR) is 170 cm³/mol. The molecule has 0 bridgehead atoms. The van der Waals surface area contributed by atoms with Crippen molar-refractivity contribution in [3.63, 3.8) is 0 Å². The van der Waals surface area contributed by atoms with Crippen LogP contribution in [0.2, 0.25) is 0 Å². The molecule has 0 N–H and O–H groups in total. The Balaban J connectivity index is 1.30. The Kier molecular flexibility index (Phi) is 6.85. The van der Waals surface area contributed by atoms with E-state index in [1.165, 1.54) is 0 Å². The molecule has 0 aliphatic carbocycles. The molecule has 0 radical (unpaired) electrons. The third kappa shape index (κ3) is 5.34. The fourth-order valence-electron chi connectivity index (χ4n) is 5.06. The quantitative estimate of drug-likeness (QED) is 0.212. The Morgan fingerprint density at radius 2 is 0.619 bits per heavy atom. The van der Waals surface area contributed by atoms with Crippen molar-refractivity contribution in [3.8, 4) is 67.5 Å². The molecule has 198 valence electrons. The van der Waals surface area contributed by atoms with Gasteiger partial charge < -0.3 is 0 Å². The third-order valence-corrected chi connectivity index (χ3v) is 7.25. The van der Waals surface area contributed by atoms with Crippen LogP contribution in [0.1, 0.15) is 0 Å². The Bertz CT molecular complexity index is 1950. The third-order valence-electron chi connectivity index (χ3n) is 7.25. The lowest BCUT2D eigenvalue weighted by molar-refractivity contribution is 1.07. The van der Waals surface area contributed by atoms with Crippen LogP contribution in [0.3, 0.4) is 0 Å². The molecule has 2 aromatic heterocycles. The SMILES string of the molecule is c1ccc(-c2cccc(-c3nc(-c4ccccc4)nc(-c4cccc(-c5ccc(-c6ccncc6)cc5)c4)n3)c2)cc1. The molecule has 7 aromatic rings. The molecule has 4 heteroatoms. The van der Waals surface area contributed by atoms with Gasteiger partial charge in [-0.25, -0.2) is 15.0 Å². The van der Waals surface area contributed by atoms with Crippen LogP contribution >= 0.6 is 0 Å². The molecule has 4 nitrogen and oxygen atoms in total. The van der Waals surface area contributed by atoms with Crippen molar-refractivity contribution >= 4 is 0 Å². The lowest BCUT2D eigenvalue weighted by Gasteiger charge is -2.11. The molecule has 0 saturated carbocycles. The minimum atomic E-state index is 0.638. The standard InChI is InChI=1S/C38H26N4/c1-3-9-27(10-4-1)32-13-7-15-34(25-32)37-40-36(31-11-5-2-6-12-31)41-38(42-37)35-16-8-14-33(26-35)29-19-17-28(18-20-29)30-21-23-39-24-22-30/h1-26H. The summed E-state index contributed by atoms with van der Waals surface area (Å²) < 4.78 is 0. The highest BCUT2D eigenvalue weighted by Gasteiger charge is 2.14. The van der Waals surface area contributed by atoms with Gasteiger partial charge in [0, 0.05) is 29.1 Å². The van der Waals surface area contributed by atoms with Gasteiger partial charge in [0.2, 0.25) is 0 Å². The minimum Gasteiger partial charge on any atom is -0.265 e. The van der Waals surface area contributed by atoms with E-state index in [1.54, 1.807) is 0 Å². The molecule has 0 aliphatic heterocycles. The lowest BCUT2D eigenvalue weighted by atomic mass is 9.99. The van der Waals surface area contributed by atoms with Gasteiger partial charge in [-0.3, -0.25) is 4.98 Å². The van der Waals surface area contributed by atoms with E-state index in [-0.39, 0.29) is 0 Å². The van der Waals surface area contributed by atoms with Crippen molar-refractivity contribution < 1.29 is 0 Å². The smallest absolute Gasteiger partial charge is 0.164 e. The maximum Gasteiger partial charge on any atom is 0.164 e. The first-order valence-corrected chi connectivity index (χ1v) is 13.9. The first-order valence-electron chi connectivity index (χ1n) is 13.9. The number of hydrogen-bond acceptors (Lipinski definition) is 4. The monoisotopic (exact) mass is 538 g/mol. The first kappa shape index (κ1) is 25.2. The maximum absolute atomic E-state index is 4.99. The van der Waals surface area contributed by atoms with Crippen molar-refractivity contribution in [2.75, 3.05) is 0 Å². The summed E-state index contributed by atoms with van der Waals surface area (Å²) in [6.45, 7) is 0. The predicted octanol–water partition coefficient (Wildman–Crippen LogP) is 9.27. The lowest BCUT2D eigenvalue weighted by Crippen LogP contribution is -2.00. The zero-order valence-electron chi connectivity index (χ0n) is 22.8. The van der Waals surface area contributed by atoms with Gasteiger partial charge in [0.15, 0.2) is 17.5 Å². The van der Waals surface area contributed by atoms with Gasteiger partial charge in [0.25, 0.3) is 0 Å². The Morgan fingerprint density at radius 1 is 0.262 bits per heavy atom. The molecule has 0 saturated heterocycles. The van der Waals surface area contributed by atoms with E-state index >= 15 is 0 Å². The van der Waals surface area contributed by atoms with E-state index in [4.69, 9.17) is 15.0 Å². The number of rotatable bonds is 6. The Labute approximate surface area is 245 Å². The fraction of sp³-hybridized carbons (Fsp3) is 0. The number of aromatic nitrogens is 4. The summed E-state index contributed by atoms with van der Waals surface area (Å²) in [7, 11) is 0. The van der Waals surface area contributed by atoms with Gasteiger partial charge >= 0.3 is 0 Å². The maximum atomic E-state index is 4.99. The van der Waals surface area contributed by atoms with Crippen molar-refractivity contribution in [3.05, 3.63) is 158 Å². The summed E-state index contributed by atoms with van der Waals surface area (Å²) in [6, 6.07) is 49.8. The topological polar surface area (TPSA) is 51.6 Å². The number of nitrogens with zero attached hydrogens (tertiary/aromatic N) is 4. The molecular weight excluding hydrogens is 512 g/mol. The van der Waals surface area contributed by atoms with Gasteiger partial charge in [-0.2, -0.15) is 0 Å². The van der Waals surface area contributed by atoms with Gasteiger partial charge in [0.05, 0.1) is 0 Å². The molecule has 0 amide bonds. The van der Waals surface area contributed by atoms with Crippen LogP contribution in [0.5, 0.6) is 0 Å². The zero-order chi connectivity index (χ0) is 28.1. The van der Waals surface area contributed by atoms with Gasteiger partial charge in [-0.15, -0.1) is 0 Å². The van der Waals surface area contributed by atoms with Crippen LogP contribution < -0.4 is 0 Å². The molecule has 0 spiro atoms. The largest absolute Gasteiger partial charge is 0.265 e. The second-order valence-corrected chi connectivity index (χ2v) is 10.0. The van der Waals surface area contributed by atoms with Crippen molar-refractivity contribution in [2.24, 2.45) is 0 Å². The molecular formula is C38H26N4. The average Bonchev–Trinajstić information content (AvgIpc) is 3.09. The van der Waals surface area contributed by atoms with Crippen molar-refractivity contribution in [2.45, 2.75) is 0 Å². The van der Waals surface area contributed by atoms with Crippen LogP contribution in [-0.4, -0.2) is 19.9 Å². The van der Waals surface area contributed by atoms with Crippen LogP contribution in [0.4, 0.5) is 0 Å². The van der Waals surface area contributed by atoms with Crippen LogP contribution in [0, 0.1) is 0 Å². The summed E-state index contributed by atoms with van der Waals surface area (Å²) in [4.78, 5) is 19.0. The molecule has 0 unspecified atom stereocenters. The number of pyridine rings is 1. The van der Waals surface area contributed by atoms with E-state index in [9.17, 15) is 0 Å². The summed E-state index contributed by atoms with van der Waals surface area (Å²) in [5, 5.41) is 0. The van der Waals surface area contributed by atoms with Crippen LogP contribution in [0.25, 0.3) is 67.5 Å². The van der Waals surface area contributed by atoms with E-state index in [0.717, 1.165) is 50.1 Å². The van der Waals surface area contributed by atoms with Crippen molar-refractivity contribution in [1.82, 2.24) is 19.9 Å². The highest BCUT2D eigenvalue weighted by atomic mass is 15.0.